The van der Waals surface area contributed by atoms with Crippen molar-refractivity contribution < 1.29 is 0 Å². The monoisotopic (exact) mass is 240 g/mol. The third kappa shape index (κ3) is 2.46. The first-order valence-electron chi connectivity index (χ1n) is 4.80. The van der Waals surface area contributed by atoms with Gasteiger partial charge in [0.25, 0.3) is 5.56 Å². The van der Waals surface area contributed by atoms with Crippen molar-refractivity contribution in [1.82, 2.24) is 9.55 Å². The highest BCUT2D eigenvalue weighted by Crippen LogP contribution is 2.17. The highest BCUT2D eigenvalue weighted by atomic mass is 32.2. The van der Waals surface area contributed by atoms with E-state index in [1.807, 2.05) is 6.92 Å². The number of unbranched alkanes of at least 4 members (excludes halogenated alkanes) is 1. The number of nitrogen functional groups attached to an aromatic ring is 1. The van der Waals surface area contributed by atoms with Crippen LogP contribution in [0.2, 0.25) is 0 Å². The summed E-state index contributed by atoms with van der Waals surface area (Å²) in [7, 11) is 0. The number of aromatic nitrogens is 2. The fourth-order valence-electron chi connectivity index (χ4n) is 1.25. The van der Waals surface area contributed by atoms with Crippen LogP contribution in [0.1, 0.15) is 19.8 Å². The Kier molecular flexibility index (Phi) is 4.19. The number of anilines is 1. The van der Waals surface area contributed by atoms with Gasteiger partial charge in [-0.1, -0.05) is 13.3 Å². The van der Waals surface area contributed by atoms with Crippen molar-refractivity contribution in [2.75, 3.05) is 5.73 Å². The normalized spacial score (nSPS) is 10.0. The molecule has 0 saturated carbocycles. The number of nitrogens with two attached hydrogens (primary N) is 1. The first kappa shape index (κ1) is 12.4. The van der Waals surface area contributed by atoms with Crippen molar-refractivity contribution in [2.24, 2.45) is 0 Å². The fraction of sp³-hybridized carbons (Fsp3) is 0.444. The van der Waals surface area contributed by atoms with Crippen LogP contribution in [0.3, 0.4) is 0 Å². The van der Waals surface area contributed by atoms with E-state index < -0.39 is 11.2 Å². The Hall–Kier alpha value is -1.68. The molecule has 0 unspecified atom stereocenters. The quantitative estimate of drug-likeness (QED) is 0.588. The second-order valence-electron chi connectivity index (χ2n) is 3.17. The number of nitrogens with zero attached hydrogens (tertiary/aromatic N) is 2. The average molecular weight is 240 g/mol. The summed E-state index contributed by atoms with van der Waals surface area (Å²) in [5.74, 6) is 0.0637. The summed E-state index contributed by atoms with van der Waals surface area (Å²) < 4.78 is 1.28. The first-order valence-corrected chi connectivity index (χ1v) is 5.62. The molecule has 0 aliphatic heterocycles. The van der Waals surface area contributed by atoms with E-state index in [1.165, 1.54) is 4.57 Å². The van der Waals surface area contributed by atoms with E-state index in [0.29, 0.717) is 18.3 Å². The Morgan fingerprint density at radius 1 is 1.56 bits per heavy atom. The maximum Gasteiger partial charge on any atom is 0.329 e. The molecule has 0 atom stereocenters. The number of nitrogens with one attached hydrogen (secondary N) is 1. The Labute approximate surface area is 96.1 Å². The van der Waals surface area contributed by atoms with Crippen LogP contribution in [0.5, 0.6) is 0 Å². The van der Waals surface area contributed by atoms with E-state index in [9.17, 15) is 9.59 Å². The largest absolute Gasteiger partial charge is 0.384 e. The standard InChI is InChI=1S/C9H12N4O2S/c1-2-3-4-13-7(11)6(16-5-10)8(14)12-9(13)15/h2-4,11H2,1H3,(H,12,14,15). The molecule has 0 fully saturated rings. The van der Waals surface area contributed by atoms with Crippen LogP contribution in [-0.4, -0.2) is 9.55 Å². The van der Waals surface area contributed by atoms with Crippen LogP contribution in [0.4, 0.5) is 5.82 Å². The van der Waals surface area contributed by atoms with E-state index in [0.717, 1.165) is 12.8 Å². The Balaban J connectivity index is 3.29. The zero-order chi connectivity index (χ0) is 12.1. The van der Waals surface area contributed by atoms with E-state index >= 15 is 0 Å². The van der Waals surface area contributed by atoms with Crippen molar-refractivity contribution in [3.63, 3.8) is 0 Å². The molecule has 0 aromatic carbocycles. The van der Waals surface area contributed by atoms with Crippen LogP contribution < -0.4 is 17.0 Å². The molecule has 0 amide bonds. The molecule has 1 aromatic heterocycles. The van der Waals surface area contributed by atoms with Gasteiger partial charge in [0.05, 0.1) is 0 Å². The molecule has 6 nitrogen and oxygen atoms in total. The highest BCUT2D eigenvalue weighted by Gasteiger charge is 2.12. The molecule has 86 valence electrons. The van der Waals surface area contributed by atoms with Crippen molar-refractivity contribution in [2.45, 2.75) is 31.2 Å². The van der Waals surface area contributed by atoms with Gasteiger partial charge in [-0.25, -0.2) is 4.79 Å². The van der Waals surface area contributed by atoms with Gasteiger partial charge in [0.1, 0.15) is 16.1 Å². The maximum atomic E-state index is 11.5. The lowest BCUT2D eigenvalue weighted by atomic mass is 10.3. The zero-order valence-electron chi connectivity index (χ0n) is 8.82. The van der Waals surface area contributed by atoms with Gasteiger partial charge in [0.15, 0.2) is 0 Å². The van der Waals surface area contributed by atoms with E-state index in [1.54, 1.807) is 5.40 Å². The van der Waals surface area contributed by atoms with Gasteiger partial charge in [-0.15, -0.1) is 0 Å². The van der Waals surface area contributed by atoms with Gasteiger partial charge in [0.2, 0.25) is 0 Å². The minimum absolute atomic E-state index is 0.0637. The number of hydrogen-bond acceptors (Lipinski definition) is 5. The summed E-state index contributed by atoms with van der Waals surface area (Å²) in [4.78, 5) is 25.0. The minimum atomic E-state index is -0.609. The van der Waals surface area contributed by atoms with Crippen LogP contribution in [-0.2, 0) is 6.54 Å². The van der Waals surface area contributed by atoms with Gasteiger partial charge < -0.3 is 5.73 Å². The number of nitriles is 1. The summed E-state index contributed by atoms with van der Waals surface area (Å²) in [5.41, 5.74) is 4.54. The van der Waals surface area contributed by atoms with Crippen molar-refractivity contribution in [1.29, 1.82) is 5.26 Å². The number of H-pyrrole nitrogens is 1. The number of hydrogen-bond donors (Lipinski definition) is 2. The second-order valence-corrected chi connectivity index (χ2v) is 3.97. The highest BCUT2D eigenvalue weighted by molar-refractivity contribution is 8.03. The molecule has 1 aromatic rings. The molecular formula is C9H12N4O2S. The minimum Gasteiger partial charge on any atom is -0.384 e. The molecule has 7 heteroatoms. The smallest absolute Gasteiger partial charge is 0.329 e. The Morgan fingerprint density at radius 2 is 2.25 bits per heavy atom. The summed E-state index contributed by atoms with van der Waals surface area (Å²) >= 11 is 0.662. The SMILES string of the molecule is CCCCn1c(N)c(SC#N)c(=O)[nH]c1=O. The summed E-state index contributed by atoms with van der Waals surface area (Å²) in [5, 5.41) is 10.3. The average Bonchev–Trinajstić information content (AvgIpc) is 2.24. The number of thioether (sulfide) groups is 1. The first-order chi connectivity index (χ1) is 7.61. The van der Waals surface area contributed by atoms with Gasteiger partial charge in [-0.05, 0) is 18.2 Å². The lowest BCUT2D eigenvalue weighted by Gasteiger charge is -2.09. The molecule has 1 heterocycles. The summed E-state index contributed by atoms with van der Waals surface area (Å²) in [6.45, 7) is 2.43. The van der Waals surface area contributed by atoms with E-state index in [-0.39, 0.29) is 10.7 Å². The predicted molar refractivity (Wildman–Crippen MR) is 62.1 cm³/mol. The van der Waals surface area contributed by atoms with Crippen molar-refractivity contribution in [3.05, 3.63) is 20.8 Å². The van der Waals surface area contributed by atoms with E-state index in [2.05, 4.69) is 4.98 Å². The molecule has 1 rings (SSSR count). The van der Waals surface area contributed by atoms with Crippen molar-refractivity contribution in [3.8, 4) is 5.40 Å². The Bertz CT molecular complexity index is 526. The molecule has 0 radical (unpaired) electrons. The predicted octanol–water partition coefficient (Wildman–Crippen LogP) is 0.492. The molecule has 0 spiro atoms. The molecule has 0 aliphatic carbocycles. The van der Waals surface area contributed by atoms with Crippen LogP contribution in [0.15, 0.2) is 14.5 Å². The van der Waals surface area contributed by atoms with Gasteiger partial charge in [-0.2, -0.15) is 5.26 Å². The number of aromatic amines is 1. The lowest BCUT2D eigenvalue weighted by Crippen LogP contribution is -2.33. The summed E-state index contributed by atoms with van der Waals surface area (Å²) in [6, 6.07) is 0. The third-order valence-corrected chi connectivity index (χ3v) is 2.77. The van der Waals surface area contributed by atoms with Crippen LogP contribution in [0.25, 0.3) is 0 Å². The molecule has 0 aliphatic rings. The van der Waals surface area contributed by atoms with Crippen molar-refractivity contribution >= 4 is 17.6 Å². The Morgan fingerprint density at radius 3 is 2.81 bits per heavy atom. The lowest BCUT2D eigenvalue weighted by molar-refractivity contribution is 0.597. The molecule has 0 saturated heterocycles. The second kappa shape index (κ2) is 5.42. The van der Waals surface area contributed by atoms with Crippen LogP contribution in [0, 0.1) is 10.7 Å². The maximum absolute atomic E-state index is 11.5. The molecule has 16 heavy (non-hydrogen) atoms. The molecule has 0 bridgehead atoms. The van der Waals surface area contributed by atoms with Gasteiger partial charge in [-0.3, -0.25) is 14.3 Å². The van der Waals surface area contributed by atoms with Crippen LogP contribution >= 0.6 is 11.8 Å². The van der Waals surface area contributed by atoms with Gasteiger partial charge >= 0.3 is 5.69 Å². The third-order valence-electron chi connectivity index (χ3n) is 2.08. The summed E-state index contributed by atoms with van der Waals surface area (Å²) in [6.07, 6.45) is 1.69. The fourth-order valence-corrected chi connectivity index (χ4v) is 1.70. The topological polar surface area (TPSA) is 105 Å². The molecular weight excluding hydrogens is 228 g/mol. The molecule has 3 N–H and O–H groups in total. The zero-order valence-corrected chi connectivity index (χ0v) is 9.63. The van der Waals surface area contributed by atoms with E-state index in [4.69, 9.17) is 11.0 Å². The number of thiocyanates is 1. The number of rotatable bonds is 4. The van der Waals surface area contributed by atoms with Gasteiger partial charge in [0, 0.05) is 6.54 Å².